The molecule has 61 heavy (non-hydrogen) atoms. The van der Waals surface area contributed by atoms with Gasteiger partial charge in [-0.2, -0.15) is 0 Å². The van der Waals surface area contributed by atoms with E-state index >= 15 is 0 Å². The molecule has 1 saturated carbocycles. The van der Waals surface area contributed by atoms with E-state index in [2.05, 4.69) is 62.5 Å². The zero-order valence-electron chi connectivity index (χ0n) is 37.4. The van der Waals surface area contributed by atoms with Gasteiger partial charge in [0.25, 0.3) is 0 Å². The lowest BCUT2D eigenvalue weighted by molar-refractivity contribution is -0.220. The molecule has 1 aliphatic rings. The maximum Gasteiger partial charge on any atom is 0.472 e. The molecule has 0 radical (unpaired) electrons. The average molecular weight is 887 g/mol. The van der Waals surface area contributed by atoms with Gasteiger partial charge >= 0.3 is 19.8 Å². The van der Waals surface area contributed by atoms with Crippen LogP contribution in [0.25, 0.3) is 0 Å². The van der Waals surface area contributed by atoms with Crippen molar-refractivity contribution < 1.29 is 63.1 Å². The van der Waals surface area contributed by atoms with Crippen LogP contribution in [0.1, 0.15) is 181 Å². The van der Waals surface area contributed by atoms with Crippen molar-refractivity contribution >= 4 is 19.8 Å². The van der Waals surface area contributed by atoms with Gasteiger partial charge in [-0.3, -0.25) is 18.6 Å². The molecule has 0 aliphatic heterocycles. The molecule has 1 rings (SSSR count). The summed E-state index contributed by atoms with van der Waals surface area (Å²) in [6, 6.07) is 0. The molecule has 0 amide bonds. The smallest absolute Gasteiger partial charge is 0.462 e. The van der Waals surface area contributed by atoms with Crippen molar-refractivity contribution in [3.63, 3.8) is 0 Å². The third-order valence-corrected chi connectivity index (χ3v) is 11.6. The van der Waals surface area contributed by atoms with Gasteiger partial charge in [0, 0.05) is 12.8 Å². The zero-order valence-corrected chi connectivity index (χ0v) is 38.3. The van der Waals surface area contributed by atoms with Crippen molar-refractivity contribution in [2.45, 2.75) is 224 Å². The normalized spacial score (nSPS) is 22.4. The van der Waals surface area contributed by atoms with Gasteiger partial charge in [0.2, 0.25) is 0 Å². The fourth-order valence-electron chi connectivity index (χ4n) is 6.82. The molecule has 0 heterocycles. The highest BCUT2D eigenvalue weighted by Gasteiger charge is 2.51. The molecule has 6 N–H and O–H groups in total. The van der Waals surface area contributed by atoms with Crippen molar-refractivity contribution in [1.29, 1.82) is 0 Å². The lowest BCUT2D eigenvalue weighted by Gasteiger charge is -2.41. The lowest BCUT2D eigenvalue weighted by atomic mass is 9.85. The summed E-state index contributed by atoms with van der Waals surface area (Å²) in [5.74, 6) is -1.13. The van der Waals surface area contributed by atoms with Gasteiger partial charge in [-0.05, 0) is 77.0 Å². The summed E-state index contributed by atoms with van der Waals surface area (Å²) in [6.07, 6.45) is 30.1. The Morgan fingerprint density at radius 3 is 1.33 bits per heavy atom. The van der Waals surface area contributed by atoms with Crippen molar-refractivity contribution in [3.8, 4) is 0 Å². The molecule has 0 spiro atoms. The molecule has 0 aromatic rings. The van der Waals surface area contributed by atoms with Crippen molar-refractivity contribution in [2.75, 3.05) is 13.2 Å². The fraction of sp³-hybridized carbons (Fsp3) is 0.787. The number of esters is 2. The summed E-state index contributed by atoms with van der Waals surface area (Å²) in [6.45, 7) is 3.23. The molecule has 0 aromatic heterocycles. The largest absolute Gasteiger partial charge is 0.472 e. The average Bonchev–Trinajstić information content (AvgIpc) is 3.24. The van der Waals surface area contributed by atoms with Gasteiger partial charge in [-0.15, -0.1) is 0 Å². The molecule has 354 valence electrons. The van der Waals surface area contributed by atoms with Crippen LogP contribution in [-0.4, -0.2) is 98.3 Å². The van der Waals surface area contributed by atoms with Crippen molar-refractivity contribution in [1.82, 2.24) is 0 Å². The number of unbranched alkanes of at least 4 members (excludes halogenated alkanes) is 18. The second-order valence-corrected chi connectivity index (χ2v) is 17.7. The number of phosphoric ester groups is 1. The number of aliphatic hydroxyl groups excluding tert-OH is 5. The van der Waals surface area contributed by atoms with E-state index in [1.54, 1.807) is 0 Å². The number of phosphoric acid groups is 1. The summed E-state index contributed by atoms with van der Waals surface area (Å²) in [5.41, 5.74) is 0. The fourth-order valence-corrected chi connectivity index (χ4v) is 7.79. The van der Waals surface area contributed by atoms with E-state index in [9.17, 15) is 44.6 Å². The summed E-state index contributed by atoms with van der Waals surface area (Å²) < 4.78 is 33.5. The Balaban J connectivity index is 2.47. The van der Waals surface area contributed by atoms with Crippen LogP contribution in [0.4, 0.5) is 0 Å². The Bertz CT molecular complexity index is 1250. The van der Waals surface area contributed by atoms with Crippen LogP contribution in [0, 0.1) is 0 Å². The van der Waals surface area contributed by atoms with Crippen LogP contribution in [0.15, 0.2) is 48.6 Å². The van der Waals surface area contributed by atoms with Crippen LogP contribution >= 0.6 is 7.82 Å². The number of rotatable bonds is 38. The van der Waals surface area contributed by atoms with E-state index in [1.807, 2.05) is 0 Å². The van der Waals surface area contributed by atoms with E-state index < -0.39 is 75.7 Å². The van der Waals surface area contributed by atoms with E-state index in [1.165, 1.54) is 38.5 Å². The minimum Gasteiger partial charge on any atom is -0.462 e. The minimum absolute atomic E-state index is 0.0834. The van der Waals surface area contributed by atoms with Crippen LogP contribution in [-0.2, 0) is 32.7 Å². The molecule has 0 bridgehead atoms. The number of ether oxygens (including phenoxy) is 2. The Hall–Kier alpha value is -2.19. The van der Waals surface area contributed by atoms with Crippen molar-refractivity contribution in [2.24, 2.45) is 0 Å². The highest BCUT2D eigenvalue weighted by Crippen LogP contribution is 2.47. The van der Waals surface area contributed by atoms with Crippen molar-refractivity contribution in [3.05, 3.63) is 48.6 Å². The monoisotopic (exact) mass is 887 g/mol. The van der Waals surface area contributed by atoms with Crippen LogP contribution in [0.3, 0.4) is 0 Å². The number of aliphatic hydroxyl groups is 5. The Labute approximate surface area is 367 Å². The summed E-state index contributed by atoms with van der Waals surface area (Å²) >= 11 is 0. The number of allylic oxidation sites excluding steroid dienone is 8. The third kappa shape index (κ3) is 29.7. The Morgan fingerprint density at radius 1 is 0.508 bits per heavy atom. The first-order valence-corrected chi connectivity index (χ1v) is 24.9. The highest BCUT2D eigenvalue weighted by atomic mass is 31.2. The SMILES string of the molecule is CCCCC/C=C/C/C=C/CCCCCCCCCC(=O)O[C@H](COC(=O)CCCCCCC/C=C/C/C=C/CCCCC)COP(=O)(O)OC1C(O)C(O)C(O)[C@H](O)C1O. The standard InChI is InChI=1S/C47H83O13P/c1-3-5-7-9-11-13-15-17-19-20-22-24-26-28-30-32-34-36-41(49)59-39(38-58-61(55,56)60-47-45(53)43(51)42(50)44(52)46(47)54)37-57-40(48)35-33-31-29-27-25-23-21-18-16-14-12-10-8-6-4-2/h11-14,17-19,21,39,42-47,50-54H,3-10,15-16,20,22-38H2,1-2H3,(H,55,56)/b13-11+,14-12+,19-17+,21-18+/t39-,42?,43+,44?,45?,46?,47?/m1/s1. The summed E-state index contributed by atoms with van der Waals surface area (Å²) in [5, 5.41) is 50.1. The molecule has 14 heteroatoms. The van der Waals surface area contributed by atoms with E-state index in [-0.39, 0.29) is 12.8 Å². The second-order valence-electron chi connectivity index (χ2n) is 16.3. The lowest BCUT2D eigenvalue weighted by Crippen LogP contribution is -2.64. The number of hydrogen-bond acceptors (Lipinski definition) is 12. The summed E-state index contributed by atoms with van der Waals surface area (Å²) in [7, 11) is -5.12. The second kappa shape index (κ2) is 37.2. The molecule has 1 fully saturated rings. The predicted octanol–water partition coefficient (Wildman–Crippen LogP) is 9.17. The van der Waals surface area contributed by atoms with Gasteiger partial charge in [-0.1, -0.05) is 140 Å². The zero-order chi connectivity index (χ0) is 45.0. The maximum atomic E-state index is 12.8. The van der Waals surface area contributed by atoms with Crippen LogP contribution in [0.5, 0.6) is 0 Å². The molecule has 6 unspecified atom stereocenters. The Morgan fingerprint density at radius 2 is 0.885 bits per heavy atom. The first kappa shape index (κ1) is 56.8. The van der Waals surface area contributed by atoms with E-state index in [0.717, 1.165) is 103 Å². The Kier molecular flexibility index (Phi) is 34.7. The van der Waals surface area contributed by atoms with Gasteiger partial charge in [0.15, 0.2) is 6.10 Å². The molecule has 8 atom stereocenters. The number of carbonyl (C=O) groups excluding carboxylic acids is 2. The number of hydrogen-bond donors (Lipinski definition) is 6. The van der Waals surface area contributed by atoms with Gasteiger partial charge in [0.05, 0.1) is 6.61 Å². The van der Waals surface area contributed by atoms with E-state index in [4.69, 9.17) is 18.5 Å². The molecular formula is C47H83O13P. The summed E-state index contributed by atoms with van der Waals surface area (Å²) in [4.78, 5) is 35.7. The maximum absolute atomic E-state index is 12.8. The topological polar surface area (TPSA) is 210 Å². The molecule has 0 aromatic carbocycles. The minimum atomic E-state index is -5.12. The first-order valence-electron chi connectivity index (χ1n) is 23.4. The highest BCUT2D eigenvalue weighted by molar-refractivity contribution is 7.47. The van der Waals surface area contributed by atoms with E-state index in [0.29, 0.717) is 12.8 Å². The molecule has 1 aliphatic carbocycles. The van der Waals surface area contributed by atoms with Crippen LogP contribution < -0.4 is 0 Å². The van der Waals surface area contributed by atoms with Crippen LogP contribution in [0.2, 0.25) is 0 Å². The van der Waals surface area contributed by atoms with Gasteiger partial charge in [-0.25, -0.2) is 4.57 Å². The quantitative estimate of drug-likeness (QED) is 0.0148. The number of carbonyl (C=O) groups is 2. The predicted molar refractivity (Wildman–Crippen MR) is 239 cm³/mol. The van der Waals surface area contributed by atoms with Gasteiger partial charge in [0.1, 0.15) is 43.2 Å². The first-order chi connectivity index (χ1) is 29.4. The molecule has 0 saturated heterocycles. The molecular weight excluding hydrogens is 803 g/mol. The van der Waals surface area contributed by atoms with Gasteiger partial charge < -0.3 is 39.9 Å². The molecule has 13 nitrogen and oxygen atoms in total. The third-order valence-electron chi connectivity index (χ3n) is 10.6.